The third kappa shape index (κ3) is 4.06. The summed E-state index contributed by atoms with van der Waals surface area (Å²) in [6, 6.07) is 6.61. The van der Waals surface area contributed by atoms with E-state index in [9.17, 15) is 0 Å². The molecule has 1 fully saturated rings. The van der Waals surface area contributed by atoms with Gasteiger partial charge in [0.05, 0.1) is 0 Å². The Morgan fingerprint density at radius 3 is 2.80 bits per heavy atom. The standard InChI is InChI=1S/C17H30N2S/c1-5-7-15-12-19(16(6-2)11-18-15)13(3)10-17-9-8-14(4)20-17/h8-9,13,15-16,18H,5-7,10-12H2,1-4H3. The highest BCUT2D eigenvalue weighted by atomic mass is 32.1. The van der Waals surface area contributed by atoms with Crippen LogP contribution in [0.25, 0.3) is 0 Å². The Labute approximate surface area is 128 Å². The van der Waals surface area contributed by atoms with E-state index in [1.165, 1.54) is 42.0 Å². The number of aryl methyl sites for hydroxylation is 1. The number of nitrogens with one attached hydrogen (secondary N) is 1. The lowest BCUT2D eigenvalue weighted by molar-refractivity contribution is 0.0840. The van der Waals surface area contributed by atoms with Gasteiger partial charge in [-0.15, -0.1) is 11.3 Å². The van der Waals surface area contributed by atoms with Crippen LogP contribution in [-0.2, 0) is 6.42 Å². The lowest BCUT2D eigenvalue weighted by Crippen LogP contribution is -2.59. The van der Waals surface area contributed by atoms with Crippen LogP contribution in [0, 0.1) is 6.92 Å². The number of nitrogens with zero attached hydrogens (tertiary/aromatic N) is 1. The van der Waals surface area contributed by atoms with Gasteiger partial charge in [0, 0.05) is 41.0 Å². The Bertz CT molecular complexity index is 401. The van der Waals surface area contributed by atoms with Gasteiger partial charge >= 0.3 is 0 Å². The van der Waals surface area contributed by atoms with Gasteiger partial charge in [-0.3, -0.25) is 4.90 Å². The third-order valence-electron chi connectivity index (χ3n) is 4.51. The third-order valence-corrected chi connectivity index (χ3v) is 5.53. The molecule has 2 heterocycles. The lowest BCUT2D eigenvalue weighted by Gasteiger charge is -2.43. The number of hydrogen-bond donors (Lipinski definition) is 1. The van der Waals surface area contributed by atoms with E-state index < -0.39 is 0 Å². The average molecular weight is 295 g/mol. The summed E-state index contributed by atoms with van der Waals surface area (Å²) in [4.78, 5) is 5.73. The molecule has 1 saturated heterocycles. The first-order valence-electron chi connectivity index (χ1n) is 8.18. The molecule has 2 nitrogen and oxygen atoms in total. The zero-order valence-corrected chi connectivity index (χ0v) is 14.3. The molecule has 1 aliphatic rings. The van der Waals surface area contributed by atoms with Crippen molar-refractivity contribution in [1.29, 1.82) is 0 Å². The van der Waals surface area contributed by atoms with Gasteiger partial charge in [-0.2, -0.15) is 0 Å². The second-order valence-corrected chi connectivity index (χ2v) is 7.59. The molecule has 0 aliphatic carbocycles. The van der Waals surface area contributed by atoms with Crippen LogP contribution in [0.5, 0.6) is 0 Å². The van der Waals surface area contributed by atoms with Crippen LogP contribution in [-0.4, -0.2) is 36.1 Å². The molecule has 20 heavy (non-hydrogen) atoms. The first-order valence-corrected chi connectivity index (χ1v) is 9.00. The summed E-state index contributed by atoms with van der Waals surface area (Å²) in [6.45, 7) is 11.6. The van der Waals surface area contributed by atoms with Gasteiger partial charge in [0.1, 0.15) is 0 Å². The fraction of sp³-hybridized carbons (Fsp3) is 0.765. The molecule has 0 aromatic carbocycles. The van der Waals surface area contributed by atoms with Crippen LogP contribution in [0.2, 0.25) is 0 Å². The lowest BCUT2D eigenvalue weighted by atomic mass is 10.00. The van der Waals surface area contributed by atoms with Gasteiger partial charge in [-0.1, -0.05) is 20.3 Å². The summed E-state index contributed by atoms with van der Waals surface area (Å²) < 4.78 is 0. The molecule has 2 rings (SSSR count). The minimum Gasteiger partial charge on any atom is -0.311 e. The van der Waals surface area contributed by atoms with Crippen LogP contribution >= 0.6 is 11.3 Å². The topological polar surface area (TPSA) is 15.3 Å². The van der Waals surface area contributed by atoms with Crippen molar-refractivity contribution in [3.63, 3.8) is 0 Å². The Balaban J connectivity index is 1.98. The second kappa shape index (κ2) is 7.58. The normalized spacial score (nSPS) is 25.8. The SMILES string of the molecule is CCCC1CN(C(C)Cc2ccc(C)s2)C(CC)CN1. The van der Waals surface area contributed by atoms with Gasteiger partial charge in [-0.05, 0) is 45.2 Å². The van der Waals surface area contributed by atoms with Crippen molar-refractivity contribution in [2.75, 3.05) is 13.1 Å². The zero-order chi connectivity index (χ0) is 14.5. The van der Waals surface area contributed by atoms with Crippen molar-refractivity contribution < 1.29 is 0 Å². The molecule has 0 spiro atoms. The highest BCUT2D eigenvalue weighted by molar-refractivity contribution is 7.11. The maximum atomic E-state index is 3.73. The molecule has 114 valence electrons. The van der Waals surface area contributed by atoms with Crippen LogP contribution in [0.15, 0.2) is 12.1 Å². The Morgan fingerprint density at radius 1 is 1.40 bits per heavy atom. The fourth-order valence-corrected chi connectivity index (χ4v) is 4.36. The second-order valence-electron chi connectivity index (χ2n) is 6.22. The summed E-state index contributed by atoms with van der Waals surface area (Å²) in [7, 11) is 0. The molecule has 1 aromatic rings. The molecular formula is C17H30N2S. The highest BCUT2D eigenvalue weighted by Gasteiger charge is 2.29. The van der Waals surface area contributed by atoms with Crippen molar-refractivity contribution >= 4 is 11.3 Å². The molecule has 0 saturated carbocycles. The molecule has 3 atom stereocenters. The molecular weight excluding hydrogens is 264 g/mol. The van der Waals surface area contributed by atoms with Crippen molar-refractivity contribution in [1.82, 2.24) is 10.2 Å². The van der Waals surface area contributed by atoms with Crippen molar-refractivity contribution in [2.24, 2.45) is 0 Å². The molecule has 3 heteroatoms. The van der Waals surface area contributed by atoms with Crippen LogP contribution in [0.1, 0.15) is 49.8 Å². The van der Waals surface area contributed by atoms with Gasteiger partial charge in [0.25, 0.3) is 0 Å². The first-order chi connectivity index (χ1) is 9.63. The largest absolute Gasteiger partial charge is 0.311 e. The van der Waals surface area contributed by atoms with E-state index in [4.69, 9.17) is 0 Å². The van der Waals surface area contributed by atoms with E-state index in [0.717, 1.165) is 6.54 Å². The number of piperazine rings is 1. The highest BCUT2D eigenvalue weighted by Crippen LogP contribution is 2.22. The molecule has 3 unspecified atom stereocenters. The van der Waals surface area contributed by atoms with Crippen molar-refractivity contribution in [3.05, 3.63) is 21.9 Å². The van der Waals surface area contributed by atoms with Gasteiger partial charge in [0.2, 0.25) is 0 Å². The quantitative estimate of drug-likeness (QED) is 0.857. The van der Waals surface area contributed by atoms with Gasteiger partial charge in [-0.25, -0.2) is 0 Å². The summed E-state index contributed by atoms with van der Waals surface area (Å²) in [5, 5.41) is 3.73. The van der Waals surface area contributed by atoms with Crippen molar-refractivity contribution in [2.45, 2.75) is 71.5 Å². The summed E-state index contributed by atoms with van der Waals surface area (Å²) in [6.07, 6.45) is 5.03. The first kappa shape index (κ1) is 16.0. The smallest absolute Gasteiger partial charge is 0.0221 e. The van der Waals surface area contributed by atoms with Crippen LogP contribution < -0.4 is 5.32 Å². The number of thiophene rings is 1. The minimum atomic E-state index is 0.652. The molecule has 1 N–H and O–H groups in total. The van der Waals surface area contributed by atoms with Crippen LogP contribution in [0.4, 0.5) is 0 Å². The van der Waals surface area contributed by atoms with Gasteiger partial charge in [0.15, 0.2) is 0 Å². The monoisotopic (exact) mass is 294 g/mol. The average Bonchev–Trinajstić information content (AvgIpc) is 2.84. The molecule has 0 amide bonds. The van der Waals surface area contributed by atoms with E-state index in [1.807, 2.05) is 11.3 Å². The summed E-state index contributed by atoms with van der Waals surface area (Å²) in [5.74, 6) is 0. The Hall–Kier alpha value is -0.380. The minimum absolute atomic E-state index is 0.652. The summed E-state index contributed by atoms with van der Waals surface area (Å²) >= 11 is 1.96. The van der Waals surface area contributed by atoms with Gasteiger partial charge < -0.3 is 5.32 Å². The maximum absolute atomic E-state index is 3.73. The number of hydrogen-bond acceptors (Lipinski definition) is 3. The predicted octanol–water partition coefficient (Wildman–Crippen LogP) is 3.84. The maximum Gasteiger partial charge on any atom is 0.0221 e. The van der Waals surface area contributed by atoms with E-state index in [2.05, 4.69) is 50.0 Å². The van der Waals surface area contributed by atoms with Crippen LogP contribution in [0.3, 0.4) is 0 Å². The fourth-order valence-electron chi connectivity index (χ4n) is 3.35. The molecule has 1 aromatic heterocycles. The van der Waals surface area contributed by atoms with Crippen molar-refractivity contribution in [3.8, 4) is 0 Å². The molecule has 1 aliphatic heterocycles. The Morgan fingerprint density at radius 2 is 2.20 bits per heavy atom. The predicted molar refractivity (Wildman–Crippen MR) is 89.7 cm³/mol. The Kier molecular flexibility index (Phi) is 6.06. The van der Waals surface area contributed by atoms with E-state index in [1.54, 1.807) is 0 Å². The van der Waals surface area contributed by atoms with E-state index in [-0.39, 0.29) is 0 Å². The van der Waals surface area contributed by atoms with E-state index in [0.29, 0.717) is 18.1 Å². The number of rotatable bonds is 6. The molecule has 0 bridgehead atoms. The summed E-state index contributed by atoms with van der Waals surface area (Å²) in [5.41, 5.74) is 0. The molecule has 0 radical (unpaired) electrons. The van der Waals surface area contributed by atoms with E-state index >= 15 is 0 Å². The zero-order valence-electron chi connectivity index (χ0n) is 13.5.